The Morgan fingerprint density at radius 1 is 1.14 bits per heavy atom. The fourth-order valence-electron chi connectivity index (χ4n) is 3.61. The molecule has 2 atom stereocenters. The number of alkyl halides is 2. The molecule has 4 rings (SSSR count). The largest absolute Gasteiger partial charge is 0.334 e. The van der Waals surface area contributed by atoms with Gasteiger partial charge in [-0.1, -0.05) is 60.5 Å². The van der Waals surface area contributed by atoms with E-state index in [0.717, 1.165) is 23.3 Å². The van der Waals surface area contributed by atoms with Crippen molar-refractivity contribution in [3.63, 3.8) is 0 Å². The number of halogens is 3. The second-order valence-electron chi connectivity index (χ2n) is 7.37. The fourth-order valence-corrected chi connectivity index (χ4v) is 4.65. The second kappa shape index (κ2) is 7.79. The summed E-state index contributed by atoms with van der Waals surface area (Å²) in [5, 5.41) is 0.347. The highest BCUT2D eigenvalue weighted by molar-refractivity contribution is 7.98. The molecule has 148 valence electrons. The second-order valence-corrected chi connectivity index (χ2v) is 8.51. The van der Waals surface area contributed by atoms with Crippen LogP contribution in [0.2, 0.25) is 0 Å². The van der Waals surface area contributed by atoms with Crippen LogP contribution < -0.4 is 4.72 Å². The van der Waals surface area contributed by atoms with Gasteiger partial charge in [-0.2, -0.15) is 0 Å². The molecule has 2 fully saturated rings. The normalized spacial score (nSPS) is 23.8. The van der Waals surface area contributed by atoms with E-state index in [1.165, 1.54) is 11.9 Å². The van der Waals surface area contributed by atoms with Gasteiger partial charge >= 0.3 is 0 Å². The predicted octanol–water partition coefficient (Wildman–Crippen LogP) is 4.28. The molecule has 0 spiro atoms. The van der Waals surface area contributed by atoms with E-state index in [0.29, 0.717) is 22.8 Å². The van der Waals surface area contributed by atoms with E-state index < -0.39 is 30.4 Å². The molecule has 1 saturated heterocycles. The summed E-state index contributed by atoms with van der Waals surface area (Å²) in [5.41, 5.74) is 1.49. The molecule has 1 heterocycles. The Labute approximate surface area is 166 Å². The van der Waals surface area contributed by atoms with Gasteiger partial charge in [-0.15, -0.1) is 0 Å². The van der Waals surface area contributed by atoms with Gasteiger partial charge in [0.05, 0.1) is 12.6 Å². The molecule has 1 aliphatic carbocycles. The number of benzene rings is 2. The molecule has 1 amide bonds. The zero-order chi connectivity index (χ0) is 19.7. The zero-order valence-electron chi connectivity index (χ0n) is 15.2. The van der Waals surface area contributed by atoms with Crippen molar-refractivity contribution < 1.29 is 18.0 Å². The van der Waals surface area contributed by atoms with Crippen molar-refractivity contribution >= 4 is 18.4 Å². The van der Waals surface area contributed by atoms with Gasteiger partial charge in [0, 0.05) is 10.8 Å². The number of nitrogens with one attached hydrogen (secondary N) is 1. The van der Waals surface area contributed by atoms with Crippen molar-refractivity contribution in [2.75, 3.05) is 6.54 Å². The molecule has 1 unspecified atom stereocenters. The number of amides is 1. The van der Waals surface area contributed by atoms with Crippen LogP contribution in [0.25, 0.3) is 11.1 Å². The van der Waals surface area contributed by atoms with E-state index in [1.54, 1.807) is 30.3 Å². The topological polar surface area (TPSA) is 32.3 Å². The van der Waals surface area contributed by atoms with Crippen molar-refractivity contribution in [2.24, 2.45) is 0 Å². The van der Waals surface area contributed by atoms with Gasteiger partial charge < -0.3 is 4.90 Å². The Balaban J connectivity index is 1.61. The number of likely N-dealkylation sites (tertiary alicyclic amines) is 1. The molecule has 0 bridgehead atoms. The first-order valence-electron chi connectivity index (χ1n) is 9.32. The van der Waals surface area contributed by atoms with Crippen LogP contribution >= 0.6 is 11.9 Å². The summed E-state index contributed by atoms with van der Waals surface area (Å²) >= 11 is 1.31. The molecule has 0 aromatic heterocycles. The lowest BCUT2D eigenvalue weighted by Crippen LogP contribution is -2.47. The maximum absolute atomic E-state index is 15.2. The number of carbonyl (C=O) groups excluding carboxylic acids is 1. The van der Waals surface area contributed by atoms with Crippen LogP contribution in [0.5, 0.6) is 0 Å². The fraction of sp³-hybridized carbons (Fsp3) is 0.381. The van der Waals surface area contributed by atoms with Crippen molar-refractivity contribution in [1.82, 2.24) is 9.62 Å². The molecule has 28 heavy (non-hydrogen) atoms. The molecule has 1 N–H and O–H groups in total. The molecule has 7 heteroatoms. The van der Waals surface area contributed by atoms with E-state index in [-0.39, 0.29) is 6.42 Å². The Morgan fingerprint density at radius 2 is 1.89 bits per heavy atom. The van der Waals surface area contributed by atoms with Crippen LogP contribution in [0.1, 0.15) is 18.4 Å². The quantitative estimate of drug-likeness (QED) is 0.550. The highest BCUT2D eigenvalue weighted by Gasteiger charge is 2.54. The molecular formula is C21H21F3N2OS. The maximum Gasteiger partial charge on any atom is 0.283 e. The lowest BCUT2D eigenvalue weighted by atomic mass is 9.95. The number of hydrogen-bond acceptors (Lipinski definition) is 3. The summed E-state index contributed by atoms with van der Waals surface area (Å²) in [5.74, 6) is -3.48. The van der Waals surface area contributed by atoms with Crippen LogP contribution in [0, 0.1) is 5.82 Å². The number of carbonyl (C=O) groups is 1. The van der Waals surface area contributed by atoms with Gasteiger partial charge in [-0.05, 0) is 30.4 Å². The summed E-state index contributed by atoms with van der Waals surface area (Å²) in [6, 6.07) is 12.1. The summed E-state index contributed by atoms with van der Waals surface area (Å²) in [6.45, 7) is -0.649. The van der Waals surface area contributed by atoms with Crippen LogP contribution in [-0.2, 0) is 11.2 Å². The van der Waals surface area contributed by atoms with Crippen LogP contribution in [0.15, 0.2) is 48.5 Å². The van der Waals surface area contributed by atoms with Gasteiger partial charge in [0.1, 0.15) is 11.9 Å². The van der Waals surface area contributed by atoms with Crippen molar-refractivity contribution in [1.29, 1.82) is 0 Å². The summed E-state index contributed by atoms with van der Waals surface area (Å²) in [6.07, 6.45) is 2.49. The minimum atomic E-state index is -3.05. The highest BCUT2D eigenvalue weighted by atomic mass is 32.2. The number of rotatable bonds is 7. The zero-order valence-corrected chi connectivity index (χ0v) is 16.0. The van der Waals surface area contributed by atoms with E-state index >= 15 is 4.39 Å². The Bertz CT molecular complexity index is 845. The first-order valence-corrected chi connectivity index (χ1v) is 10.2. The van der Waals surface area contributed by atoms with Gasteiger partial charge in [-0.3, -0.25) is 9.52 Å². The molecule has 1 saturated carbocycles. The monoisotopic (exact) mass is 406 g/mol. The summed E-state index contributed by atoms with van der Waals surface area (Å²) in [7, 11) is 0. The Kier molecular flexibility index (Phi) is 5.38. The van der Waals surface area contributed by atoms with E-state index in [2.05, 4.69) is 4.72 Å². The SMILES string of the molecule is O=CN1CC(F)(F)[C@H](NSC2CC2)C1Cc1cccc(-c2ccccc2)c1F. The van der Waals surface area contributed by atoms with Crippen molar-refractivity contribution in [3.8, 4) is 11.1 Å². The van der Waals surface area contributed by atoms with Gasteiger partial charge in [0.25, 0.3) is 5.92 Å². The number of nitrogens with zero attached hydrogens (tertiary/aromatic N) is 1. The van der Waals surface area contributed by atoms with Crippen LogP contribution in [-0.4, -0.2) is 41.1 Å². The Hall–Kier alpha value is -1.99. The van der Waals surface area contributed by atoms with Gasteiger partial charge in [0.2, 0.25) is 6.41 Å². The van der Waals surface area contributed by atoms with Gasteiger partial charge in [-0.25, -0.2) is 13.2 Å². The van der Waals surface area contributed by atoms with Crippen molar-refractivity contribution in [3.05, 3.63) is 59.9 Å². The summed E-state index contributed by atoms with van der Waals surface area (Å²) < 4.78 is 47.1. The smallest absolute Gasteiger partial charge is 0.283 e. The third-order valence-electron chi connectivity index (χ3n) is 5.27. The highest BCUT2D eigenvalue weighted by Crippen LogP contribution is 2.39. The Morgan fingerprint density at radius 3 is 2.57 bits per heavy atom. The molecule has 2 aliphatic rings. The third kappa shape index (κ3) is 3.91. The molecule has 2 aromatic rings. The van der Waals surface area contributed by atoms with E-state index in [4.69, 9.17) is 0 Å². The lowest BCUT2D eigenvalue weighted by Gasteiger charge is -2.26. The molecule has 2 aromatic carbocycles. The molecule has 1 aliphatic heterocycles. The standard InChI is InChI=1S/C21H21F3N2OS/c22-19-15(7-4-8-17(19)14-5-2-1-3-6-14)11-18-20(25-28-16-9-10-16)21(23,24)12-26(18)13-27/h1-8,13,16,18,20,25H,9-12H2/t18?,20-/m1/s1. The molecule has 3 nitrogen and oxygen atoms in total. The number of hydrogen-bond donors (Lipinski definition) is 1. The maximum atomic E-state index is 15.2. The molecular weight excluding hydrogens is 385 g/mol. The average molecular weight is 406 g/mol. The van der Waals surface area contributed by atoms with E-state index in [1.807, 2.05) is 18.2 Å². The minimum Gasteiger partial charge on any atom is -0.334 e. The third-order valence-corrected chi connectivity index (χ3v) is 6.47. The predicted molar refractivity (Wildman–Crippen MR) is 105 cm³/mol. The van der Waals surface area contributed by atoms with Gasteiger partial charge in [0.15, 0.2) is 0 Å². The first-order chi connectivity index (χ1) is 13.5. The van der Waals surface area contributed by atoms with E-state index in [9.17, 15) is 13.6 Å². The minimum absolute atomic E-state index is 0.0315. The first kappa shape index (κ1) is 19.3. The van der Waals surface area contributed by atoms with Crippen LogP contribution in [0.3, 0.4) is 0 Å². The molecule has 0 radical (unpaired) electrons. The summed E-state index contributed by atoms with van der Waals surface area (Å²) in [4.78, 5) is 12.5. The van der Waals surface area contributed by atoms with Crippen molar-refractivity contribution in [2.45, 2.75) is 42.5 Å². The lowest BCUT2D eigenvalue weighted by molar-refractivity contribution is -0.120. The average Bonchev–Trinajstić information content (AvgIpc) is 3.48. The van der Waals surface area contributed by atoms with Crippen LogP contribution in [0.4, 0.5) is 13.2 Å².